The molecule has 8 heteroatoms. The average Bonchev–Trinajstić information content (AvgIpc) is 3.04. The molecule has 3 aromatic carbocycles. The maximum Gasteiger partial charge on any atom is 0.325 e. The quantitative estimate of drug-likeness (QED) is 0.474. The van der Waals surface area contributed by atoms with Crippen LogP contribution in [0.5, 0.6) is 5.75 Å². The highest BCUT2D eigenvalue weighted by molar-refractivity contribution is 7.99. The number of hydrogen-bond donors (Lipinski definition) is 2. The first-order valence-electron chi connectivity index (χ1n) is 10.8. The van der Waals surface area contributed by atoms with Crippen molar-refractivity contribution in [3.63, 3.8) is 0 Å². The van der Waals surface area contributed by atoms with E-state index in [4.69, 9.17) is 4.74 Å². The molecule has 0 radical (unpaired) electrons. The number of rotatable bonds is 8. The number of nitrogens with one attached hydrogen (secondary N) is 2. The topological polar surface area (TPSA) is 87.7 Å². The summed E-state index contributed by atoms with van der Waals surface area (Å²) in [6.07, 6.45) is 0.246. The Morgan fingerprint density at radius 1 is 1.00 bits per heavy atom. The monoisotopic (exact) mass is 475 g/mol. The van der Waals surface area contributed by atoms with Gasteiger partial charge in [0.25, 0.3) is 5.91 Å². The first kappa shape index (κ1) is 23.4. The fraction of sp³-hybridized carbons (Fsp3) is 0.192. The Bertz CT molecular complexity index is 1220. The third-order valence-corrected chi connectivity index (χ3v) is 6.60. The fourth-order valence-electron chi connectivity index (χ4n) is 3.85. The van der Waals surface area contributed by atoms with Gasteiger partial charge in [-0.25, -0.2) is 4.79 Å². The van der Waals surface area contributed by atoms with Crippen LogP contribution in [0.25, 0.3) is 0 Å². The smallest absolute Gasteiger partial charge is 0.325 e. The predicted octanol–water partition coefficient (Wildman–Crippen LogP) is 4.34. The first-order valence-corrected chi connectivity index (χ1v) is 11.6. The molecule has 1 atom stereocenters. The van der Waals surface area contributed by atoms with Crippen LogP contribution in [0.1, 0.15) is 12.5 Å². The summed E-state index contributed by atoms with van der Waals surface area (Å²) in [6, 6.07) is 24.0. The van der Waals surface area contributed by atoms with E-state index < -0.39 is 23.4 Å². The molecule has 0 saturated carbocycles. The highest BCUT2D eigenvalue weighted by Crippen LogP contribution is 2.33. The fourth-order valence-corrected chi connectivity index (χ4v) is 4.77. The number of anilines is 1. The van der Waals surface area contributed by atoms with Crippen molar-refractivity contribution < 1.29 is 19.1 Å². The van der Waals surface area contributed by atoms with Gasteiger partial charge in [0, 0.05) is 16.2 Å². The maximum absolute atomic E-state index is 13.2. The molecule has 2 N–H and O–H groups in total. The van der Waals surface area contributed by atoms with Crippen molar-refractivity contribution in [2.45, 2.75) is 28.7 Å². The summed E-state index contributed by atoms with van der Waals surface area (Å²) >= 11 is 1.52. The van der Waals surface area contributed by atoms with Crippen LogP contribution in [0.3, 0.4) is 0 Å². The zero-order valence-corrected chi connectivity index (χ0v) is 19.7. The van der Waals surface area contributed by atoms with Crippen LogP contribution < -0.4 is 15.4 Å². The molecule has 7 nitrogen and oxygen atoms in total. The van der Waals surface area contributed by atoms with Crippen molar-refractivity contribution in [3.8, 4) is 5.75 Å². The van der Waals surface area contributed by atoms with Crippen LogP contribution >= 0.6 is 11.8 Å². The third-order valence-electron chi connectivity index (χ3n) is 5.52. The van der Waals surface area contributed by atoms with E-state index in [0.29, 0.717) is 11.4 Å². The SMILES string of the molecule is COc1ccccc1C[C@@]1(C)NC(=O)N(CC(=O)Nc2ccccc2Sc2ccccc2)C1=O. The second-order valence-electron chi connectivity index (χ2n) is 8.10. The molecule has 0 aromatic heterocycles. The number of urea groups is 1. The van der Waals surface area contributed by atoms with Crippen molar-refractivity contribution in [2.75, 3.05) is 19.0 Å². The molecule has 1 fully saturated rings. The summed E-state index contributed by atoms with van der Waals surface area (Å²) in [7, 11) is 1.56. The van der Waals surface area contributed by atoms with E-state index in [0.717, 1.165) is 20.3 Å². The van der Waals surface area contributed by atoms with Crippen LogP contribution in [0, 0.1) is 0 Å². The van der Waals surface area contributed by atoms with Crippen LogP contribution in [-0.2, 0) is 16.0 Å². The number of amides is 4. The van der Waals surface area contributed by atoms with Crippen LogP contribution in [0.2, 0.25) is 0 Å². The van der Waals surface area contributed by atoms with E-state index in [-0.39, 0.29) is 13.0 Å². The van der Waals surface area contributed by atoms with Gasteiger partial charge in [0.1, 0.15) is 17.8 Å². The Kier molecular flexibility index (Phi) is 6.88. The highest BCUT2D eigenvalue weighted by Gasteiger charge is 2.48. The molecule has 3 aromatic rings. The summed E-state index contributed by atoms with van der Waals surface area (Å²) in [6.45, 7) is 1.28. The van der Waals surface area contributed by atoms with Gasteiger partial charge in [0.05, 0.1) is 12.8 Å². The van der Waals surface area contributed by atoms with Gasteiger partial charge in [-0.15, -0.1) is 0 Å². The van der Waals surface area contributed by atoms with Crippen molar-refractivity contribution in [2.24, 2.45) is 0 Å². The Balaban J connectivity index is 1.45. The van der Waals surface area contributed by atoms with Gasteiger partial charge in [-0.3, -0.25) is 14.5 Å². The average molecular weight is 476 g/mol. The summed E-state index contributed by atoms with van der Waals surface area (Å²) < 4.78 is 5.37. The number of carbonyl (C=O) groups is 3. The van der Waals surface area contributed by atoms with Crippen molar-refractivity contribution in [1.82, 2.24) is 10.2 Å². The van der Waals surface area contributed by atoms with Gasteiger partial charge >= 0.3 is 6.03 Å². The van der Waals surface area contributed by atoms with E-state index >= 15 is 0 Å². The van der Waals surface area contributed by atoms with Crippen molar-refractivity contribution >= 4 is 35.3 Å². The van der Waals surface area contributed by atoms with E-state index in [1.165, 1.54) is 11.8 Å². The van der Waals surface area contributed by atoms with Crippen LogP contribution in [0.15, 0.2) is 88.7 Å². The molecular weight excluding hydrogens is 450 g/mol. The number of methoxy groups -OCH3 is 1. The molecule has 0 bridgehead atoms. The second-order valence-corrected chi connectivity index (χ2v) is 9.22. The minimum Gasteiger partial charge on any atom is -0.496 e. The van der Waals surface area contributed by atoms with E-state index in [1.807, 2.05) is 66.7 Å². The zero-order valence-electron chi connectivity index (χ0n) is 18.9. The van der Waals surface area contributed by atoms with E-state index in [2.05, 4.69) is 10.6 Å². The first-order chi connectivity index (χ1) is 16.4. The Labute approximate surface area is 202 Å². The van der Waals surface area contributed by atoms with E-state index in [9.17, 15) is 14.4 Å². The minimum atomic E-state index is -1.17. The molecule has 1 saturated heterocycles. The standard InChI is InChI=1S/C26H25N3O4S/c1-26(16-18-10-6-8-14-21(18)33-2)24(31)29(25(32)28-26)17-23(30)27-20-13-7-9-15-22(20)34-19-11-4-3-5-12-19/h3-15H,16-17H2,1-2H3,(H,27,30)(H,28,32)/t26-/m1/s1. The predicted molar refractivity (Wildman–Crippen MR) is 131 cm³/mol. The highest BCUT2D eigenvalue weighted by atomic mass is 32.2. The van der Waals surface area contributed by atoms with Crippen LogP contribution in [-0.4, -0.2) is 41.9 Å². The summed E-state index contributed by atoms with van der Waals surface area (Å²) in [5.74, 6) is -0.272. The van der Waals surface area contributed by atoms with Crippen LogP contribution in [0.4, 0.5) is 10.5 Å². The molecule has 174 valence electrons. The summed E-state index contributed by atoms with van der Waals surface area (Å²) in [5.41, 5.74) is 0.233. The van der Waals surface area contributed by atoms with Gasteiger partial charge in [-0.2, -0.15) is 0 Å². The molecule has 4 rings (SSSR count). The zero-order chi connectivity index (χ0) is 24.1. The molecule has 1 aliphatic heterocycles. The second kappa shape index (κ2) is 10.0. The largest absolute Gasteiger partial charge is 0.496 e. The molecule has 0 spiro atoms. The molecule has 1 heterocycles. The lowest BCUT2D eigenvalue weighted by atomic mass is 9.92. The van der Waals surface area contributed by atoms with Gasteiger partial charge in [0.2, 0.25) is 5.91 Å². The number of nitrogens with zero attached hydrogens (tertiary/aromatic N) is 1. The number of para-hydroxylation sites is 2. The molecular formula is C26H25N3O4S. The van der Waals surface area contributed by atoms with Gasteiger partial charge in [-0.05, 0) is 42.8 Å². The number of imide groups is 1. The number of benzene rings is 3. The molecule has 0 unspecified atom stereocenters. The molecule has 4 amide bonds. The third kappa shape index (κ3) is 5.07. The van der Waals surface area contributed by atoms with Gasteiger partial charge in [-0.1, -0.05) is 60.3 Å². The normalized spacial score (nSPS) is 17.4. The summed E-state index contributed by atoms with van der Waals surface area (Å²) in [5, 5.41) is 5.58. The lowest BCUT2D eigenvalue weighted by Gasteiger charge is -2.22. The summed E-state index contributed by atoms with van der Waals surface area (Å²) in [4.78, 5) is 41.4. The van der Waals surface area contributed by atoms with E-state index in [1.54, 1.807) is 26.2 Å². The lowest BCUT2D eigenvalue weighted by molar-refractivity contribution is -0.133. The van der Waals surface area contributed by atoms with Crippen molar-refractivity contribution in [3.05, 3.63) is 84.4 Å². The van der Waals surface area contributed by atoms with Crippen molar-refractivity contribution in [1.29, 1.82) is 0 Å². The Morgan fingerprint density at radius 3 is 2.44 bits per heavy atom. The maximum atomic E-state index is 13.2. The number of carbonyl (C=O) groups excluding carboxylic acids is 3. The number of hydrogen-bond acceptors (Lipinski definition) is 5. The van der Waals surface area contributed by atoms with Gasteiger partial charge in [0.15, 0.2) is 0 Å². The molecule has 1 aliphatic rings. The van der Waals surface area contributed by atoms with Gasteiger partial charge < -0.3 is 15.4 Å². The molecule has 34 heavy (non-hydrogen) atoms. The number of ether oxygens (including phenoxy) is 1. The Hall–Kier alpha value is -3.78. The Morgan fingerprint density at radius 2 is 1.68 bits per heavy atom. The lowest BCUT2D eigenvalue weighted by Crippen LogP contribution is -2.46. The minimum absolute atomic E-state index is 0.246. The molecule has 0 aliphatic carbocycles.